The van der Waals surface area contributed by atoms with Crippen LogP contribution in [-0.2, 0) is 12.0 Å². The average Bonchev–Trinajstić information content (AvgIpc) is 2.44. The molecule has 0 saturated carbocycles. The monoisotopic (exact) mass is 340 g/mol. The molecular weight excluding hydrogens is 326 g/mol. The highest BCUT2D eigenvalue weighted by atomic mass is 79.9. The maximum Gasteiger partial charge on any atom is 0.162 e. The van der Waals surface area contributed by atoms with Crippen molar-refractivity contribution in [3.8, 4) is 0 Å². The van der Waals surface area contributed by atoms with E-state index < -0.39 is 17.2 Å². The van der Waals surface area contributed by atoms with Gasteiger partial charge in [0.1, 0.15) is 0 Å². The van der Waals surface area contributed by atoms with Crippen LogP contribution in [0.25, 0.3) is 0 Å². The highest BCUT2D eigenvalue weighted by Gasteiger charge is 2.29. The van der Waals surface area contributed by atoms with Crippen molar-refractivity contribution in [2.75, 3.05) is 0 Å². The first-order valence-corrected chi connectivity index (χ1v) is 7.17. The van der Waals surface area contributed by atoms with Crippen LogP contribution in [0.2, 0.25) is 0 Å². The fourth-order valence-corrected chi connectivity index (χ4v) is 2.61. The Morgan fingerprint density at radius 2 is 1.85 bits per heavy atom. The van der Waals surface area contributed by atoms with Crippen molar-refractivity contribution in [3.63, 3.8) is 0 Å². The molecule has 0 aromatic heterocycles. The molecule has 0 amide bonds. The van der Waals surface area contributed by atoms with Gasteiger partial charge in [-0.05, 0) is 35.7 Å². The van der Waals surface area contributed by atoms with Gasteiger partial charge in [0.25, 0.3) is 0 Å². The standard InChI is InChI=1S/C16H15BrF2O/c1-2-16(20,12-6-4-7-13(17)9-12)10-11-5-3-8-14(18)15(11)19/h3-9,20H,2,10H2,1H3. The lowest BCUT2D eigenvalue weighted by molar-refractivity contribution is 0.0317. The largest absolute Gasteiger partial charge is 0.385 e. The Balaban J connectivity index is 2.39. The summed E-state index contributed by atoms with van der Waals surface area (Å²) >= 11 is 3.35. The molecule has 2 aromatic rings. The number of halogens is 3. The van der Waals surface area contributed by atoms with E-state index in [2.05, 4.69) is 15.9 Å². The maximum atomic E-state index is 13.8. The summed E-state index contributed by atoms with van der Waals surface area (Å²) in [5.74, 6) is -1.79. The third-order valence-electron chi connectivity index (χ3n) is 3.46. The van der Waals surface area contributed by atoms with Crippen LogP contribution in [0.3, 0.4) is 0 Å². The van der Waals surface area contributed by atoms with E-state index >= 15 is 0 Å². The van der Waals surface area contributed by atoms with Gasteiger partial charge in [-0.3, -0.25) is 0 Å². The first-order valence-electron chi connectivity index (χ1n) is 6.37. The van der Waals surface area contributed by atoms with Crippen LogP contribution in [0, 0.1) is 11.6 Å². The molecule has 0 radical (unpaired) electrons. The van der Waals surface area contributed by atoms with E-state index in [0.29, 0.717) is 12.0 Å². The van der Waals surface area contributed by atoms with Crippen LogP contribution in [0.15, 0.2) is 46.9 Å². The predicted octanol–water partition coefficient (Wildman–Crippen LogP) is 4.57. The molecule has 0 aliphatic carbocycles. The third-order valence-corrected chi connectivity index (χ3v) is 3.95. The molecule has 20 heavy (non-hydrogen) atoms. The van der Waals surface area contributed by atoms with Gasteiger partial charge in [0.2, 0.25) is 0 Å². The smallest absolute Gasteiger partial charge is 0.162 e. The Morgan fingerprint density at radius 3 is 2.50 bits per heavy atom. The highest BCUT2D eigenvalue weighted by Crippen LogP contribution is 2.31. The lowest BCUT2D eigenvalue weighted by Crippen LogP contribution is -2.28. The summed E-state index contributed by atoms with van der Waals surface area (Å²) in [4.78, 5) is 0. The molecule has 4 heteroatoms. The van der Waals surface area contributed by atoms with Gasteiger partial charge in [-0.15, -0.1) is 0 Å². The van der Waals surface area contributed by atoms with Crippen LogP contribution < -0.4 is 0 Å². The van der Waals surface area contributed by atoms with E-state index in [1.54, 1.807) is 12.1 Å². The van der Waals surface area contributed by atoms with Crippen molar-refractivity contribution in [1.82, 2.24) is 0 Å². The third kappa shape index (κ3) is 3.07. The summed E-state index contributed by atoms with van der Waals surface area (Å²) in [6, 6.07) is 11.3. The first-order chi connectivity index (χ1) is 9.46. The number of hydrogen-bond donors (Lipinski definition) is 1. The minimum atomic E-state index is -1.22. The van der Waals surface area contributed by atoms with Gasteiger partial charge < -0.3 is 5.11 Å². The number of aliphatic hydroxyl groups is 1. The number of benzene rings is 2. The molecule has 0 aliphatic rings. The van der Waals surface area contributed by atoms with Gasteiger partial charge in [0.05, 0.1) is 5.60 Å². The first kappa shape index (κ1) is 15.1. The Bertz CT molecular complexity index is 615. The Labute approximate surface area is 125 Å². The van der Waals surface area contributed by atoms with Gasteiger partial charge in [-0.25, -0.2) is 8.78 Å². The van der Waals surface area contributed by atoms with Gasteiger partial charge in [0, 0.05) is 10.9 Å². The van der Waals surface area contributed by atoms with Crippen LogP contribution in [0.4, 0.5) is 8.78 Å². The zero-order valence-electron chi connectivity index (χ0n) is 11.0. The summed E-state index contributed by atoms with van der Waals surface area (Å²) in [6.45, 7) is 1.82. The van der Waals surface area contributed by atoms with Crippen LogP contribution >= 0.6 is 15.9 Å². The Kier molecular flexibility index (Phi) is 4.55. The van der Waals surface area contributed by atoms with Crippen LogP contribution in [-0.4, -0.2) is 5.11 Å². The average molecular weight is 341 g/mol. The quantitative estimate of drug-likeness (QED) is 0.864. The molecular formula is C16H15BrF2O. The van der Waals surface area contributed by atoms with Gasteiger partial charge >= 0.3 is 0 Å². The van der Waals surface area contributed by atoms with Crippen molar-refractivity contribution < 1.29 is 13.9 Å². The molecule has 2 rings (SSSR count). The summed E-state index contributed by atoms with van der Waals surface area (Å²) in [5, 5.41) is 10.8. The fraction of sp³-hybridized carbons (Fsp3) is 0.250. The fourth-order valence-electron chi connectivity index (χ4n) is 2.21. The molecule has 0 heterocycles. The lowest BCUT2D eigenvalue weighted by Gasteiger charge is -2.28. The van der Waals surface area contributed by atoms with Crippen LogP contribution in [0.5, 0.6) is 0 Å². The second kappa shape index (κ2) is 6.02. The molecule has 1 nitrogen and oxygen atoms in total. The van der Waals surface area contributed by atoms with Crippen molar-refractivity contribution >= 4 is 15.9 Å². The molecule has 0 spiro atoms. The second-order valence-corrected chi connectivity index (χ2v) is 5.70. The SMILES string of the molecule is CCC(O)(Cc1cccc(F)c1F)c1cccc(Br)c1. The molecule has 0 fully saturated rings. The van der Waals surface area contributed by atoms with Crippen LogP contribution in [0.1, 0.15) is 24.5 Å². The molecule has 1 unspecified atom stereocenters. The molecule has 1 atom stereocenters. The topological polar surface area (TPSA) is 20.2 Å². The van der Waals surface area contributed by atoms with Gasteiger partial charge in [-0.1, -0.05) is 47.1 Å². The number of hydrogen-bond acceptors (Lipinski definition) is 1. The molecule has 0 saturated heterocycles. The minimum absolute atomic E-state index is 0.0313. The minimum Gasteiger partial charge on any atom is -0.385 e. The van der Waals surface area contributed by atoms with Crippen molar-refractivity contribution in [1.29, 1.82) is 0 Å². The Morgan fingerprint density at radius 1 is 1.15 bits per heavy atom. The van der Waals surface area contributed by atoms with E-state index in [9.17, 15) is 13.9 Å². The van der Waals surface area contributed by atoms with Crippen molar-refractivity contribution in [3.05, 3.63) is 69.7 Å². The predicted molar refractivity (Wildman–Crippen MR) is 78.4 cm³/mol. The summed E-state index contributed by atoms with van der Waals surface area (Å²) < 4.78 is 27.9. The maximum absolute atomic E-state index is 13.8. The summed E-state index contributed by atoms with van der Waals surface area (Å²) in [6.07, 6.45) is 0.433. The summed E-state index contributed by atoms with van der Waals surface area (Å²) in [5.41, 5.74) is -0.370. The van der Waals surface area contributed by atoms with Crippen molar-refractivity contribution in [2.45, 2.75) is 25.4 Å². The number of rotatable bonds is 4. The molecule has 106 valence electrons. The molecule has 0 aliphatic heterocycles. The summed E-state index contributed by atoms with van der Waals surface area (Å²) in [7, 11) is 0. The zero-order valence-corrected chi connectivity index (χ0v) is 12.6. The second-order valence-electron chi connectivity index (χ2n) is 4.79. The van der Waals surface area contributed by atoms with E-state index in [1.807, 2.05) is 19.1 Å². The van der Waals surface area contributed by atoms with Gasteiger partial charge in [0.15, 0.2) is 11.6 Å². The lowest BCUT2D eigenvalue weighted by atomic mass is 9.85. The Hall–Kier alpha value is -1.26. The van der Waals surface area contributed by atoms with Crippen molar-refractivity contribution in [2.24, 2.45) is 0 Å². The molecule has 0 bridgehead atoms. The van der Waals surface area contributed by atoms with E-state index in [1.165, 1.54) is 12.1 Å². The molecule has 1 N–H and O–H groups in total. The molecule has 2 aromatic carbocycles. The van der Waals surface area contributed by atoms with E-state index in [0.717, 1.165) is 10.5 Å². The van der Waals surface area contributed by atoms with E-state index in [4.69, 9.17) is 0 Å². The zero-order chi connectivity index (χ0) is 14.8. The van der Waals surface area contributed by atoms with E-state index in [-0.39, 0.29) is 12.0 Å². The van der Waals surface area contributed by atoms with Gasteiger partial charge in [-0.2, -0.15) is 0 Å². The highest BCUT2D eigenvalue weighted by molar-refractivity contribution is 9.10. The normalized spacial score (nSPS) is 14.1.